The molecule has 1 fully saturated rings. The van der Waals surface area contributed by atoms with Gasteiger partial charge in [-0.25, -0.2) is 4.98 Å². The van der Waals surface area contributed by atoms with Crippen molar-refractivity contribution in [2.24, 2.45) is 17.4 Å². The molecule has 0 atom stereocenters. The molecule has 3 aromatic carbocycles. The average Bonchev–Trinajstić information content (AvgIpc) is 3.33. The van der Waals surface area contributed by atoms with E-state index in [0.29, 0.717) is 31.1 Å². The minimum absolute atomic E-state index is 0.0327. The van der Waals surface area contributed by atoms with Crippen molar-refractivity contribution in [1.29, 1.82) is 5.41 Å². The molecule has 41 heavy (non-hydrogen) atoms. The van der Waals surface area contributed by atoms with E-state index < -0.39 is 0 Å². The van der Waals surface area contributed by atoms with Gasteiger partial charge in [0.1, 0.15) is 11.7 Å². The molecule has 0 saturated heterocycles. The fourth-order valence-electron chi connectivity index (χ4n) is 5.90. The summed E-state index contributed by atoms with van der Waals surface area (Å²) in [6, 6.07) is 21.8. The van der Waals surface area contributed by atoms with E-state index in [-0.39, 0.29) is 11.7 Å². The number of aromatic nitrogens is 2. The summed E-state index contributed by atoms with van der Waals surface area (Å²) in [4.78, 5) is 21.6. The average molecular weight is 569 g/mol. The Labute approximate surface area is 247 Å². The van der Waals surface area contributed by atoms with Crippen molar-refractivity contribution in [1.82, 2.24) is 14.5 Å². The zero-order valence-electron chi connectivity index (χ0n) is 23.6. The standard InChI is InChI=1S/C33H40N6OS/c34-18-19-38(21-24-6-2-1-3-7-24)33(40)26-15-16-29-28(20-26)37-31(39(29)22-27-8-4-5-9-30(27)41)17-12-23-10-13-25(14-11-23)32(35)36/h4-5,8-11,13-16,20,24,41H,1-3,6-7,12,17-19,21-22,34H2,(H3,35,36). The Morgan fingerprint density at radius 3 is 2.44 bits per heavy atom. The quantitative estimate of drug-likeness (QED) is 0.110. The van der Waals surface area contributed by atoms with Crippen molar-refractivity contribution in [3.05, 3.63) is 94.8 Å². The van der Waals surface area contributed by atoms with Crippen molar-refractivity contribution in [3.63, 3.8) is 0 Å². The van der Waals surface area contributed by atoms with Crippen molar-refractivity contribution >= 4 is 35.4 Å². The number of carbonyl (C=O) groups is 1. The number of imidazole rings is 1. The summed E-state index contributed by atoms with van der Waals surface area (Å²) >= 11 is 4.69. The number of benzene rings is 3. The van der Waals surface area contributed by atoms with Gasteiger partial charge < -0.3 is 20.9 Å². The Balaban J connectivity index is 1.43. The molecule has 1 aromatic heterocycles. The third-order valence-corrected chi connectivity index (χ3v) is 8.62. The molecular weight excluding hydrogens is 528 g/mol. The second-order valence-electron chi connectivity index (χ2n) is 11.1. The lowest BCUT2D eigenvalue weighted by Crippen LogP contribution is -2.39. The number of nitrogens with two attached hydrogens (primary N) is 2. The first-order valence-corrected chi connectivity index (χ1v) is 15.1. The third-order valence-electron chi connectivity index (χ3n) is 8.19. The Morgan fingerprint density at radius 2 is 1.73 bits per heavy atom. The predicted molar refractivity (Wildman–Crippen MR) is 169 cm³/mol. The fourth-order valence-corrected chi connectivity index (χ4v) is 6.13. The molecule has 8 heteroatoms. The maximum atomic E-state index is 13.7. The van der Waals surface area contributed by atoms with Gasteiger partial charge in [0.2, 0.25) is 0 Å². The summed E-state index contributed by atoms with van der Waals surface area (Å²) in [6.45, 7) is 2.43. The molecule has 1 saturated carbocycles. The molecule has 0 unspecified atom stereocenters. The molecule has 7 nitrogen and oxygen atoms in total. The third kappa shape index (κ3) is 7.00. The number of hydrogen-bond donors (Lipinski definition) is 4. The van der Waals surface area contributed by atoms with Crippen LogP contribution in [0.5, 0.6) is 0 Å². The molecule has 214 valence electrons. The van der Waals surface area contributed by atoms with E-state index in [4.69, 9.17) is 34.5 Å². The molecule has 0 bridgehead atoms. The second kappa shape index (κ2) is 13.4. The number of nitrogens with zero attached hydrogens (tertiary/aromatic N) is 3. The topological polar surface area (TPSA) is 114 Å². The molecule has 4 aromatic rings. The predicted octanol–water partition coefficient (Wildman–Crippen LogP) is 5.42. The Morgan fingerprint density at radius 1 is 1.00 bits per heavy atom. The molecular formula is C33H40N6OS. The number of amides is 1. The van der Waals surface area contributed by atoms with Crippen LogP contribution < -0.4 is 11.5 Å². The first-order valence-electron chi connectivity index (χ1n) is 14.6. The minimum Gasteiger partial charge on any atom is -0.384 e. The van der Waals surface area contributed by atoms with Crippen LogP contribution in [0.3, 0.4) is 0 Å². The highest BCUT2D eigenvalue weighted by Gasteiger charge is 2.23. The van der Waals surface area contributed by atoms with Gasteiger partial charge in [-0.2, -0.15) is 0 Å². The molecule has 1 amide bonds. The summed E-state index contributed by atoms with van der Waals surface area (Å²) in [6.07, 6.45) is 7.69. The van der Waals surface area contributed by atoms with Crippen LogP contribution in [0.15, 0.2) is 71.6 Å². The highest BCUT2D eigenvalue weighted by Crippen LogP contribution is 2.27. The maximum Gasteiger partial charge on any atom is 0.253 e. The van der Waals surface area contributed by atoms with E-state index >= 15 is 0 Å². The van der Waals surface area contributed by atoms with Crippen LogP contribution in [-0.4, -0.2) is 45.8 Å². The number of carbonyl (C=O) groups excluding carboxylic acids is 1. The van der Waals surface area contributed by atoms with Crippen LogP contribution in [0.1, 0.15) is 65.0 Å². The van der Waals surface area contributed by atoms with Gasteiger partial charge in [-0.1, -0.05) is 61.7 Å². The van der Waals surface area contributed by atoms with Gasteiger partial charge in [0.15, 0.2) is 0 Å². The molecule has 1 aliphatic carbocycles. The zero-order valence-corrected chi connectivity index (χ0v) is 24.5. The molecule has 0 spiro atoms. The number of nitrogens with one attached hydrogen (secondary N) is 1. The van der Waals surface area contributed by atoms with Crippen LogP contribution in [-0.2, 0) is 19.4 Å². The smallest absolute Gasteiger partial charge is 0.253 e. The summed E-state index contributed by atoms with van der Waals surface area (Å²) in [5.74, 6) is 1.61. The number of fused-ring (bicyclic) bond motifs is 1. The normalized spacial score (nSPS) is 13.9. The molecule has 5 rings (SSSR count). The Bertz CT molecular complexity index is 1510. The minimum atomic E-state index is 0.0327. The molecule has 1 aliphatic rings. The van der Waals surface area contributed by atoms with Gasteiger partial charge in [0.05, 0.1) is 17.6 Å². The molecule has 1 heterocycles. The summed E-state index contributed by atoms with van der Waals surface area (Å²) < 4.78 is 2.24. The van der Waals surface area contributed by atoms with Gasteiger partial charge in [-0.15, -0.1) is 12.6 Å². The van der Waals surface area contributed by atoms with Gasteiger partial charge in [0, 0.05) is 42.1 Å². The van der Waals surface area contributed by atoms with Gasteiger partial charge in [-0.05, 0) is 60.6 Å². The van der Waals surface area contributed by atoms with E-state index in [9.17, 15) is 4.79 Å². The monoisotopic (exact) mass is 568 g/mol. The Kier molecular flexibility index (Phi) is 9.42. The van der Waals surface area contributed by atoms with E-state index in [1.807, 2.05) is 65.6 Å². The van der Waals surface area contributed by atoms with Gasteiger partial charge in [0.25, 0.3) is 5.91 Å². The number of aryl methyl sites for hydroxylation is 2. The summed E-state index contributed by atoms with van der Waals surface area (Å²) in [7, 11) is 0. The fraction of sp³-hybridized carbons (Fsp3) is 0.364. The summed E-state index contributed by atoms with van der Waals surface area (Å²) in [5.41, 5.74) is 17.0. The second-order valence-corrected chi connectivity index (χ2v) is 11.6. The SMILES string of the molecule is N=C(N)c1ccc(CCc2nc3cc(C(=O)N(CCN)CC4CCCCC4)ccc3n2Cc2ccccc2S)cc1. The number of thiol groups is 1. The summed E-state index contributed by atoms with van der Waals surface area (Å²) in [5, 5.41) is 7.64. The number of hydrogen-bond acceptors (Lipinski definition) is 5. The van der Waals surface area contributed by atoms with E-state index in [0.717, 1.165) is 57.8 Å². The van der Waals surface area contributed by atoms with Crippen molar-refractivity contribution < 1.29 is 4.79 Å². The van der Waals surface area contributed by atoms with Crippen LogP contribution in [0.4, 0.5) is 0 Å². The van der Waals surface area contributed by atoms with Crippen LogP contribution in [0.2, 0.25) is 0 Å². The largest absolute Gasteiger partial charge is 0.384 e. The van der Waals surface area contributed by atoms with Crippen LogP contribution >= 0.6 is 12.6 Å². The molecule has 0 radical (unpaired) electrons. The highest BCUT2D eigenvalue weighted by atomic mass is 32.1. The van der Waals surface area contributed by atoms with Crippen LogP contribution in [0.25, 0.3) is 11.0 Å². The zero-order chi connectivity index (χ0) is 28.8. The van der Waals surface area contributed by atoms with Crippen molar-refractivity contribution in [2.75, 3.05) is 19.6 Å². The van der Waals surface area contributed by atoms with E-state index in [1.54, 1.807) is 0 Å². The first-order chi connectivity index (χ1) is 19.9. The lowest BCUT2D eigenvalue weighted by atomic mass is 9.89. The molecule has 5 N–H and O–H groups in total. The number of rotatable bonds is 11. The lowest BCUT2D eigenvalue weighted by molar-refractivity contribution is 0.0719. The maximum absolute atomic E-state index is 13.7. The molecule has 0 aliphatic heterocycles. The number of nitrogen functional groups attached to an aromatic ring is 1. The first kappa shape index (κ1) is 28.9. The van der Waals surface area contributed by atoms with Crippen LogP contribution in [0, 0.1) is 11.3 Å². The van der Waals surface area contributed by atoms with Crippen molar-refractivity contribution in [2.45, 2.75) is 56.4 Å². The van der Waals surface area contributed by atoms with Crippen molar-refractivity contribution in [3.8, 4) is 0 Å². The number of amidine groups is 1. The Hall–Kier alpha value is -3.62. The van der Waals surface area contributed by atoms with E-state index in [1.165, 1.54) is 32.1 Å². The lowest BCUT2D eigenvalue weighted by Gasteiger charge is -2.29. The van der Waals surface area contributed by atoms with E-state index in [2.05, 4.69) is 10.6 Å². The van der Waals surface area contributed by atoms with Gasteiger partial charge >= 0.3 is 0 Å². The van der Waals surface area contributed by atoms with Gasteiger partial charge in [-0.3, -0.25) is 10.2 Å². The highest BCUT2D eigenvalue weighted by molar-refractivity contribution is 7.80.